The zero-order chi connectivity index (χ0) is 9.30. The first-order valence-corrected chi connectivity index (χ1v) is 4.65. The van der Waals surface area contributed by atoms with Gasteiger partial charge in [-0.3, -0.25) is 5.41 Å². The molecule has 4 heteroatoms. The molecule has 0 aliphatic rings. The first-order valence-electron chi connectivity index (χ1n) is 3.84. The normalized spacial score (nSPS) is 10.7. The zero-order valence-corrected chi connectivity index (χ0v) is 8.33. The first kappa shape index (κ1) is 9.19. The van der Waals surface area contributed by atoms with Gasteiger partial charge in [0.05, 0.1) is 5.69 Å². The molecular weight excluding hydrogens is 170 g/mol. The van der Waals surface area contributed by atoms with Gasteiger partial charge in [0.15, 0.2) is 10.8 Å². The maximum absolute atomic E-state index is 7.21. The van der Waals surface area contributed by atoms with Crippen LogP contribution in [0.5, 0.6) is 0 Å². The zero-order valence-electron chi connectivity index (χ0n) is 7.51. The number of hydrogen-bond acceptors (Lipinski definition) is 3. The van der Waals surface area contributed by atoms with E-state index in [1.165, 1.54) is 11.3 Å². The van der Waals surface area contributed by atoms with Gasteiger partial charge in [0.1, 0.15) is 0 Å². The van der Waals surface area contributed by atoms with Crippen LogP contribution in [0.2, 0.25) is 0 Å². The van der Waals surface area contributed by atoms with Gasteiger partial charge in [-0.1, -0.05) is 13.8 Å². The quantitative estimate of drug-likeness (QED) is 0.543. The summed E-state index contributed by atoms with van der Waals surface area (Å²) in [6.45, 7) is 6.19. The Morgan fingerprint density at radius 2 is 2.17 bits per heavy atom. The molecular formula is C8H13N3S. The van der Waals surface area contributed by atoms with E-state index < -0.39 is 0 Å². The molecule has 0 aromatic carbocycles. The van der Waals surface area contributed by atoms with E-state index in [0.29, 0.717) is 10.9 Å². The Hall–Kier alpha value is -0.900. The van der Waals surface area contributed by atoms with Crippen LogP contribution < -0.4 is 5.73 Å². The highest BCUT2D eigenvalue weighted by Gasteiger charge is 2.11. The first-order chi connectivity index (χ1) is 5.52. The van der Waals surface area contributed by atoms with Crippen LogP contribution in [0.3, 0.4) is 0 Å². The average Bonchev–Trinajstić information content (AvgIpc) is 2.30. The van der Waals surface area contributed by atoms with Gasteiger partial charge in [-0.25, -0.2) is 4.98 Å². The van der Waals surface area contributed by atoms with Crippen LogP contribution in [0.15, 0.2) is 0 Å². The number of thiazole rings is 1. The van der Waals surface area contributed by atoms with E-state index in [1.54, 1.807) is 0 Å². The molecule has 0 saturated carbocycles. The highest BCUT2D eigenvalue weighted by molar-refractivity contribution is 7.13. The van der Waals surface area contributed by atoms with Crippen molar-refractivity contribution in [1.82, 2.24) is 4.98 Å². The van der Waals surface area contributed by atoms with Gasteiger partial charge in [0, 0.05) is 4.88 Å². The number of nitrogens with zero attached hydrogens (tertiary/aromatic N) is 1. The second-order valence-electron chi connectivity index (χ2n) is 3.03. The van der Waals surface area contributed by atoms with Gasteiger partial charge in [-0.05, 0) is 12.8 Å². The number of amidine groups is 1. The van der Waals surface area contributed by atoms with Crippen molar-refractivity contribution >= 4 is 17.2 Å². The van der Waals surface area contributed by atoms with Crippen LogP contribution in [0, 0.1) is 12.3 Å². The Balaban J connectivity index is 3.09. The van der Waals surface area contributed by atoms with Gasteiger partial charge < -0.3 is 5.73 Å². The minimum Gasteiger partial charge on any atom is -0.382 e. The molecule has 12 heavy (non-hydrogen) atoms. The molecule has 0 spiro atoms. The molecule has 0 bridgehead atoms. The van der Waals surface area contributed by atoms with Crippen LogP contribution in [-0.2, 0) is 0 Å². The fourth-order valence-electron chi connectivity index (χ4n) is 1.06. The molecule has 1 heterocycles. The van der Waals surface area contributed by atoms with Crippen molar-refractivity contribution in [1.29, 1.82) is 5.41 Å². The third kappa shape index (κ3) is 1.64. The van der Waals surface area contributed by atoms with Crippen molar-refractivity contribution < 1.29 is 0 Å². The van der Waals surface area contributed by atoms with Gasteiger partial charge >= 0.3 is 0 Å². The number of nitrogens with one attached hydrogen (secondary N) is 1. The Bertz CT molecular complexity index is 301. The van der Waals surface area contributed by atoms with Crippen LogP contribution in [0.25, 0.3) is 0 Å². The van der Waals surface area contributed by atoms with Gasteiger partial charge in [0.2, 0.25) is 0 Å². The SMILES string of the molecule is Cc1sc(C(=N)N)nc1C(C)C. The lowest BCUT2D eigenvalue weighted by Crippen LogP contribution is -2.10. The molecule has 0 atom stereocenters. The highest BCUT2D eigenvalue weighted by atomic mass is 32.1. The molecule has 0 amide bonds. The lowest BCUT2D eigenvalue weighted by atomic mass is 10.1. The van der Waals surface area contributed by atoms with E-state index in [0.717, 1.165) is 10.6 Å². The summed E-state index contributed by atoms with van der Waals surface area (Å²) < 4.78 is 0. The van der Waals surface area contributed by atoms with E-state index in [1.807, 2.05) is 6.92 Å². The molecule has 1 aromatic heterocycles. The van der Waals surface area contributed by atoms with Crippen molar-refractivity contribution in [2.45, 2.75) is 26.7 Å². The van der Waals surface area contributed by atoms with Crippen molar-refractivity contribution in [3.05, 3.63) is 15.6 Å². The largest absolute Gasteiger partial charge is 0.382 e. The highest BCUT2D eigenvalue weighted by Crippen LogP contribution is 2.23. The predicted molar refractivity (Wildman–Crippen MR) is 52.0 cm³/mol. The number of hydrogen-bond donors (Lipinski definition) is 2. The van der Waals surface area contributed by atoms with E-state index in [4.69, 9.17) is 11.1 Å². The Morgan fingerprint density at radius 1 is 1.58 bits per heavy atom. The number of aryl methyl sites for hydroxylation is 1. The number of nitrogen functional groups attached to an aromatic ring is 1. The molecule has 0 aliphatic heterocycles. The van der Waals surface area contributed by atoms with E-state index in [-0.39, 0.29) is 5.84 Å². The van der Waals surface area contributed by atoms with Gasteiger partial charge in [-0.15, -0.1) is 11.3 Å². The summed E-state index contributed by atoms with van der Waals surface area (Å²) in [7, 11) is 0. The van der Waals surface area contributed by atoms with Crippen LogP contribution in [0.1, 0.15) is 35.3 Å². The van der Waals surface area contributed by atoms with Crippen molar-refractivity contribution in [3.63, 3.8) is 0 Å². The molecule has 3 N–H and O–H groups in total. The minimum absolute atomic E-state index is 0.0648. The second-order valence-corrected chi connectivity index (χ2v) is 4.23. The summed E-state index contributed by atoms with van der Waals surface area (Å²) >= 11 is 1.49. The molecule has 0 unspecified atom stereocenters. The number of nitrogens with two attached hydrogens (primary N) is 1. The minimum atomic E-state index is 0.0648. The van der Waals surface area contributed by atoms with Gasteiger partial charge in [-0.2, -0.15) is 0 Å². The summed E-state index contributed by atoms with van der Waals surface area (Å²) in [6.07, 6.45) is 0. The fraction of sp³-hybridized carbons (Fsp3) is 0.500. The topological polar surface area (TPSA) is 62.8 Å². The molecule has 66 valence electrons. The van der Waals surface area contributed by atoms with E-state index in [9.17, 15) is 0 Å². The van der Waals surface area contributed by atoms with Crippen LogP contribution in [0.4, 0.5) is 0 Å². The summed E-state index contributed by atoms with van der Waals surface area (Å²) in [4.78, 5) is 5.44. The Labute approximate surface area is 76.1 Å². The molecule has 0 aliphatic carbocycles. The molecule has 1 aromatic rings. The van der Waals surface area contributed by atoms with Crippen LogP contribution >= 0.6 is 11.3 Å². The summed E-state index contributed by atoms with van der Waals surface area (Å²) in [5.74, 6) is 0.476. The molecule has 1 rings (SSSR count). The lowest BCUT2D eigenvalue weighted by Gasteiger charge is -1.99. The van der Waals surface area contributed by atoms with Crippen molar-refractivity contribution in [2.75, 3.05) is 0 Å². The summed E-state index contributed by atoms with van der Waals surface area (Å²) in [5, 5.41) is 7.85. The average molecular weight is 183 g/mol. The van der Waals surface area contributed by atoms with E-state index in [2.05, 4.69) is 18.8 Å². The van der Waals surface area contributed by atoms with Crippen molar-refractivity contribution in [3.8, 4) is 0 Å². The van der Waals surface area contributed by atoms with Crippen molar-refractivity contribution in [2.24, 2.45) is 5.73 Å². The third-order valence-electron chi connectivity index (χ3n) is 1.61. The number of aromatic nitrogens is 1. The molecule has 0 fully saturated rings. The summed E-state index contributed by atoms with van der Waals surface area (Å²) in [5.41, 5.74) is 6.39. The van der Waals surface area contributed by atoms with Gasteiger partial charge in [0.25, 0.3) is 0 Å². The molecule has 0 radical (unpaired) electrons. The Kier molecular flexibility index (Phi) is 2.47. The van der Waals surface area contributed by atoms with Crippen LogP contribution in [-0.4, -0.2) is 10.8 Å². The second kappa shape index (κ2) is 3.23. The Morgan fingerprint density at radius 3 is 2.42 bits per heavy atom. The van der Waals surface area contributed by atoms with E-state index >= 15 is 0 Å². The lowest BCUT2D eigenvalue weighted by molar-refractivity contribution is 0.823. The monoisotopic (exact) mass is 183 g/mol. The molecule has 3 nitrogen and oxygen atoms in total. The molecule has 0 saturated heterocycles. The number of rotatable bonds is 2. The standard InChI is InChI=1S/C8H13N3S/c1-4(2)6-5(3)12-8(11-6)7(9)10/h4H,1-3H3,(H3,9,10). The fourth-order valence-corrected chi connectivity index (χ4v) is 1.99. The third-order valence-corrected chi connectivity index (χ3v) is 2.63. The smallest absolute Gasteiger partial charge is 0.158 e. The predicted octanol–water partition coefficient (Wildman–Crippen LogP) is 1.86. The summed E-state index contributed by atoms with van der Waals surface area (Å²) in [6, 6.07) is 0. The maximum Gasteiger partial charge on any atom is 0.158 e. The maximum atomic E-state index is 7.21.